The predicted molar refractivity (Wildman–Crippen MR) is 119 cm³/mol. The Balaban J connectivity index is 1.97. The molecule has 0 unspecified atom stereocenters. The van der Waals surface area contributed by atoms with Crippen molar-refractivity contribution in [2.75, 3.05) is 10.6 Å². The number of nitrogens with zero attached hydrogens (tertiary/aromatic N) is 2. The van der Waals surface area contributed by atoms with Gasteiger partial charge < -0.3 is 10.6 Å². The van der Waals surface area contributed by atoms with Gasteiger partial charge in [0.2, 0.25) is 0 Å². The number of aromatic nitrogens is 2. The summed E-state index contributed by atoms with van der Waals surface area (Å²) in [5.74, 6) is 0. The van der Waals surface area contributed by atoms with Crippen molar-refractivity contribution in [3.05, 3.63) is 42.5 Å². The zero-order valence-corrected chi connectivity index (χ0v) is 18.9. The molecular formula is C18H12N4O9S3. The molecule has 0 fully saturated rings. The van der Waals surface area contributed by atoms with Crippen molar-refractivity contribution in [1.29, 1.82) is 0 Å². The lowest BCUT2D eigenvalue weighted by Crippen LogP contribution is -2.17. The van der Waals surface area contributed by atoms with Crippen molar-refractivity contribution in [2.45, 2.75) is 14.7 Å². The molecule has 34 heavy (non-hydrogen) atoms. The van der Waals surface area contributed by atoms with Crippen LogP contribution in [0.3, 0.4) is 0 Å². The van der Waals surface area contributed by atoms with Crippen molar-refractivity contribution in [2.24, 2.45) is 0 Å². The van der Waals surface area contributed by atoms with Crippen LogP contribution in [0.1, 0.15) is 0 Å². The van der Waals surface area contributed by atoms with Gasteiger partial charge in [0.15, 0.2) is 0 Å². The third kappa shape index (κ3) is 3.52. The number of anilines is 4. The van der Waals surface area contributed by atoms with Crippen molar-refractivity contribution >= 4 is 75.2 Å². The molecule has 0 atom stereocenters. The van der Waals surface area contributed by atoms with Gasteiger partial charge in [0.25, 0.3) is 30.4 Å². The summed E-state index contributed by atoms with van der Waals surface area (Å²) < 4.78 is 102. The lowest BCUT2D eigenvalue weighted by atomic mass is 10.1. The SMILES string of the molecule is O=S(=O)(O)c1ccc2c(c1)Nc1c(c(S(=O)(=O)O)c3nc4ccccc4nc3c1S(=O)(=O)O)N2. The van der Waals surface area contributed by atoms with Crippen LogP contribution in [0.2, 0.25) is 0 Å². The quantitative estimate of drug-likeness (QED) is 0.169. The molecule has 0 aliphatic carbocycles. The highest BCUT2D eigenvalue weighted by molar-refractivity contribution is 7.87. The maximum atomic E-state index is 12.4. The number of hydrogen-bond acceptors (Lipinski definition) is 10. The minimum atomic E-state index is -5.09. The molecule has 13 nitrogen and oxygen atoms in total. The van der Waals surface area contributed by atoms with E-state index >= 15 is 0 Å². The zero-order valence-electron chi connectivity index (χ0n) is 16.5. The maximum Gasteiger partial charge on any atom is 0.298 e. The minimum Gasteiger partial charge on any atom is -0.351 e. The third-order valence-electron chi connectivity index (χ3n) is 5.03. The smallest absolute Gasteiger partial charge is 0.298 e. The van der Waals surface area contributed by atoms with Gasteiger partial charge >= 0.3 is 0 Å². The number of nitrogens with one attached hydrogen (secondary N) is 2. The van der Waals surface area contributed by atoms with Gasteiger partial charge in [-0.2, -0.15) is 25.3 Å². The second-order valence-corrected chi connectivity index (χ2v) is 11.3. The van der Waals surface area contributed by atoms with Crippen LogP contribution in [0.15, 0.2) is 57.2 Å². The normalized spacial score (nSPS) is 13.7. The molecule has 16 heteroatoms. The Morgan fingerprint density at radius 1 is 0.618 bits per heavy atom. The molecule has 2 heterocycles. The van der Waals surface area contributed by atoms with Crippen LogP contribution in [0.5, 0.6) is 0 Å². The van der Waals surface area contributed by atoms with Crippen LogP contribution in [-0.2, 0) is 30.4 Å². The average molecular weight is 525 g/mol. The Morgan fingerprint density at radius 3 is 1.53 bits per heavy atom. The van der Waals surface area contributed by atoms with Crippen LogP contribution in [0.4, 0.5) is 22.7 Å². The fourth-order valence-electron chi connectivity index (χ4n) is 3.69. The van der Waals surface area contributed by atoms with Gasteiger partial charge in [-0.1, -0.05) is 12.1 Å². The molecule has 1 aromatic heterocycles. The number of benzene rings is 3. The average Bonchev–Trinajstić information content (AvgIpc) is 2.71. The zero-order chi connectivity index (χ0) is 24.6. The fourth-order valence-corrected chi connectivity index (χ4v) is 5.79. The van der Waals surface area contributed by atoms with Crippen LogP contribution in [0, 0.1) is 0 Å². The molecule has 0 bridgehead atoms. The monoisotopic (exact) mass is 524 g/mol. The number of fused-ring (bicyclic) bond motifs is 4. The summed E-state index contributed by atoms with van der Waals surface area (Å²) >= 11 is 0. The van der Waals surface area contributed by atoms with Crippen LogP contribution >= 0.6 is 0 Å². The Kier molecular flexibility index (Phi) is 4.64. The Hall–Kier alpha value is -3.41. The molecule has 5 N–H and O–H groups in total. The number of rotatable bonds is 3. The van der Waals surface area contributed by atoms with Gasteiger partial charge in [-0.25, -0.2) is 9.97 Å². The molecule has 0 radical (unpaired) electrons. The van der Waals surface area contributed by atoms with E-state index in [4.69, 9.17) is 0 Å². The second-order valence-electron chi connectivity index (χ2n) is 7.20. The van der Waals surface area contributed by atoms with E-state index in [0.717, 1.165) is 12.1 Å². The largest absolute Gasteiger partial charge is 0.351 e. The van der Waals surface area contributed by atoms with E-state index in [-0.39, 0.29) is 22.4 Å². The topological polar surface area (TPSA) is 213 Å². The molecule has 0 spiro atoms. The first-order chi connectivity index (χ1) is 15.7. The molecule has 5 rings (SSSR count). The first-order valence-electron chi connectivity index (χ1n) is 9.12. The maximum absolute atomic E-state index is 12.4. The number of para-hydroxylation sites is 2. The Morgan fingerprint density at radius 2 is 1.09 bits per heavy atom. The standard InChI is InChI=1S/C18H12N4O9S3/c23-32(24,25)8-5-6-11-12(7-8)22-16-15(21-11)17(33(26,27)28)13-14(18(16)34(29,30)31)20-10-4-2-1-3-9(10)19-13/h1-7,21-22H,(H,23,24,25)(H,26,27,28)(H,29,30,31). The predicted octanol–water partition coefficient (Wildman–Crippen LogP) is 2.32. The Labute approximate surface area is 191 Å². The summed E-state index contributed by atoms with van der Waals surface area (Å²) in [7, 11) is -14.8. The third-order valence-corrected chi connectivity index (χ3v) is 7.71. The van der Waals surface area contributed by atoms with E-state index in [1.54, 1.807) is 12.1 Å². The lowest BCUT2D eigenvalue weighted by Gasteiger charge is -2.27. The van der Waals surface area contributed by atoms with E-state index in [0.29, 0.717) is 0 Å². The molecule has 1 aliphatic rings. The van der Waals surface area contributed by atoms with Gasteiger partial charge in [0.05, 0.1) is 38.7 Å². The summed E-state index contributed by atoms with van der Waals surface area (Å²) in [6, 6.07) is 9.26. The van der Waals surface area contributed by atoms with Crippen molar-refractivity contribution in [3.63, 3.8) is 0 Å². The molecule has 4 aromatic rings. The summed E-state index contributed by atoms with van der Waals surface area (Å²) in [5.41, 5.74) is -1.76. The van der Waals surface area contributed by atoms with Crippen LogP contribution in [0.25, 0.3) is 22.1 Å². The van der Waals surface area contributed by atoms with Crippen molar-refractivity contribution < 1.29 is 38.9 Å². The molecule has 3 aromatic carbocycles. The van der Waals surface area contributed by atoms with Gasteiger partial charge in [0, 0.05) is 0 Å². The fraction of sp³-hybridized carbons (Fsp3) is 0. The molecule has 0 amide bonds. The highest BCUT2D eigenvalue weighted by atomic mass is 32.2. The van der Waals surface area contributed by atoms with Crippen LogP contribution < -0.4 is 10.6 Å². The molecular weight excluding hydrogens is 512 g/mol. The van der Waals surface area contributed by atoms with Crippen molar-refractivity contribution in [3.8, 4) is 0 Å². The minimum absolute atomic E-state index is 0.0687. The van der Waals surface area contributed by atoms with Gasteiger partial charge in [-0.3, -0.25) is 13.7 Å². The summed E-state index contributed by atoms with van der Waals surface area (Å²) in [6.45, 7) is 0. The molecule has 176 valence electrons. The van der Waals surface area contributed by atoms with E-state index in [9.17, 15) is 38.9 Å². The second kappa shape index (κ2) is 7.05. The first-order valence-corrected chi connectivity index (χ1v) is 13.4. The van der Waals surface area contributed by atoms with Crippen molar-refractivity contribution in [1.82, 2.24) is 9.97 Å². The first kappa shape index (κ1) is 22.4. The molecule has 1 aliphatic heterocycles. The van der Waals surface area contributed by atoms with E-state index in [1.807, 2.05) is 0 Å². The van der Waals surface area contributed by atoms with Gasteiger partial charge in [0.1, 0.15) is 20.8 Å². The molecule has 0 saturated heterocycles. The summed E-state index contributed by atoms with van der Waals surface area (Å²) in [4.78, 5) is 6.11. The van der Waals surface area contributed by atoms with E-state index in [2.05, 4.69) is 20.6 Å². The van der Waals surface area contributed by atoms with E-state index in [1.165, 1.54) is 18.2 Å². The van der Waals surface area contributed by atoms with Gasteiger partial charge in [-0.05, 0) is 30.3 Å². The Bertz CT molecular complexity index is 1890. The molecule has 0 saturated carbocycles. The van der Waals surface area contributed by atoms with Crippen LogP contribution in [-0.4, -0.2) is 48.9 Å². The summed E-state index contributed by atoms with van der Waals surface area (Å²) in [5, 5.41) is 5.19. The van der Waals surface area contributed by atoms with Gasteiger partial charge in [-0.15, -0.1) is 0 Å². The van der Waals surface area contributed by atoms with E-state index < -0.39 is 67.4 Å². The highest BCUT2D eigenvalue weighted by Crippen LogP contribution is 2.49. The summed E-state index contributed by atoms with van der Waals surface area (Å²) in [6.07, 6.45) is 0. The number of hydrogen-bond donors (Lipinski definition) is 5. The highest BCUT2D eigenvalue weighted by Gasteiger charge is 2.36. The lowest BCUT2D eigenvalue weighted by molar-refractivity contribution is 0.480.